The van der Waals surface area contributed by atoms with Crippen LogP contribution in [0.2, 0.25) is 5.02 Å². The number of benzene rings is 2. The van der Waals surface area contributed by atoms with E-state index in [1.54, 1.807) is 6.20 Å². The summed E-state index contributed by atoms with van der Waals surface area (Å²) in [5, 5.41) is 1.41. The number of pyridine rings is 1. The smallest absolute Gasteiger partial charge is 0.185 e. The fourth-order valence-corrected chi connectivity index (χ4v) is 3.89. The van der Waals surface area contributed by atoms with Crippen molar-refractivity contribution in [3.8, 4) is 22.5 Å². The van der Waals surface area contributed by atoms with Crippen LogP contribution in [0.5, 0.6) is 0 Å². The summed E-state index contributed by atoms with van der Waals surface area (Å²) in [7, 11) is 0. The van der Waals surface area contributed by atoms with Crippen molar-refractivity contribution in [1.29, 1.82) is 0 Å². The zero-order valence-electron chi connectivity index (χ0n) is 16.2. The average molecular weight is 415 g/mol. The number of Topliss-reactive ketones (excluding diaryl/α,β-unsaturated/α-hetero) is 1. The summed E-state index contributed by atoms with van der Waals surface area (Å²) in [6, 6.07) is 17.3. The van der Waals surface area contributed by atoms with Gasteiger partial charge in [-0.3, -0.25) is 9.78 Å². The molecular weight excluding hydrogens is 396 g/mol. The van der Waals surface area contributed by atoms with Crippen LogP contribution in [0, 0.1) is 5.92 Å². The summed E-state index contributed by atoms with van der Waals surface area (Å²) in [4.78, 5) is 26.5. The number of hydrogen-bond acceptors (Lipinski definition) is 5. The second kappa shape index (κ2) is 7.50. The topological polar surface area (TPSA) is 81.8 Å². The van der Waals surface area contributed by atoms with Crippen molar-refractivity contribution in [3.05, 3.63) is 71.5 Å². The Morgan fingerprint density at radius 1 is 1.00 bits per heavy atom. The van der Waals surface area contributed by atoms with E-state index in [9.17, 15) is 4.79 Å². The molecule has 2 aromatic carbocycles. The van der Waals surface area contributed by atoms with E-state index >= 15 is 0 Å². The quantitative estimate of drug-likeness (QED) is 0.431. The lowest BCUT2D eigenvalue weighted by Gasteiger charge is -2.13. The Morgan fingerprint density at radius 2 is 1.77 bits per heavy atom. The molecule has 0 saturated heterocycles. The van der Waals surface area contributed by atoms with Crippen molar-refractivity contribution in [1.82, 2.24) is 15.0 Å². The molecule has 0 atom stereocenters. The fraction of sp³-hybridized carbons (Fsp3) is 0.167. The van der Waals surface area contributed by atoms with Crippen LogP contribution in [0.3, 0.4) is 0 Å². The van der Waals surface area contributed by atoms with Crippen molar-refractivity contribution in [2.24, 2.45) is 5.92 Å². The number of carbonyl (C=O) groups is 1. The highest BCUT2D eigenvalue weighted by atomic mass is 35.5. The number of anilines is 1. The van der Waals surface area contributed by atoms with Gasteiger partial charge in [-0.1, -0.05) is 48.0 Å². The zero-order chi connectivity index (χ0) is 20.7. The van der Waals surface area contributed by atoms with Gasteiger partial charge < -0.3 is 5.73 Å². The van der Waals surface area contributed by atoms with Gasteiger partial charge in [0.15, 0.2) is 11.6 Å². The number of nitrogen functional groups attached to an aromatic ring is 1. The summed E-state index contributed by atoms with van der Waals surface area (Å²) < 4.78 is 0. The molecule has 2 aromatic heterocycles. The Kier molecular flexibility index (Phi) is 4.68. The molecule has 4 aromatic rings. The molecule has 0 unspecified atom stereocenters. The van der Waals surface area contributed by atoms with E-state index in [1.807, 2.05) is 54.6 Å². The first-order valence-corrected chi connectivity index (χ1v) is 10.3. The normalized spacial score (nSPS) is 13.5. The van der Waals surface area contributed by atoms with Gasteiger partial charge in [-0.2, -0.15) is 0 Å². The monoisotopic (exact) mass is 414 g/mol. The average Bonchev–Trinajstić information content (AvgIpc) is 3.58. The third-order valence-corrected chi connectivity index (χ3v) is 5.63. The number of halogens is 1. The molecular formula is C24H19ClN4O. The Balaban J connectivity index is 1.72. The van der Waals surface area contributed by atoms with Crippen molar-refractivity contribution < 1.29 is 4.79 Å². The first-order chi connectivity index (χ1) is 14.6. The summed E-state index contributed by atoms with van der Waals surface area (Å²) in [6.45, 7) is 0. The third-order valence-electron chi connectivity index (χ3n) is 5.34. The molecule has 1 aliphatic carbocycles. The number of carbonyl (C=O) groups excluding carboxylic acids is 1. The van der Waals surface area contributed by atoms with Crippen LogP contribution < -0.4 is 5.73 Å². The molecule has 5 nitrogen and oxygen atoms in total. The van der Waals surface area contributed by atoms with Crippen LogP contribution in [0.15, 0.2) is 60.8 Å². The molecule has 0 radical (unpaired) electrons. The Morgan fingerprint density at radius 3 is 2.53 bits per heavy atom. The predicted octanol–water partition coefficient (Wildman–Crippen LogP) is 5.58. The van der Waals surface area contributed by atoms with Crippen LogP contribution in [0.1, 0.15) is 29.8 Å². The van der Waals surface area contributed by atoms with Crippen LogP contribution in [0.25, 0.3) is 33.4 Å². The van der Waals surface area contributed by atoms with Gasteiger partial charge in [0.25, 0.3) is 0 Å². The maximum Gasteiger partial charge on any atom is 0.185 e. The number of ketones is 1. The Labute approximate surface area is 179 Å². The SMILES string of the molecule is Nc1nc(-c2ccccc2)c(-c2cc(Cl)c3ncccc3c2)nc1C(=O)CC1CC1. The minimum Gasteiger partial charge on any atom is -0.382 e. The number of fused-ring (bicyclic) bond motifs is 1. The van der Waals surface area contributed by atoms with E-state index in [1.165, 1.54) is 0 Å². The molecule has 2 heterocycles. The molecule has 1 aliphatic rings. The highest BCUT2D eigenvalue weighted by Crippen LogP contribution is 2.37. The molecule has 2 N–H and O–H groups in total. The van der Waals surface area contributed by atoms with Gasteiger partial charge in [-0.05, 0) is 37.0 Å². The zero-order valence-corrected chi connectivity index (χ0v) is 16.9. The number of nitrogens with two attached hydrogens (primary N) is 1. The van der Waals surface area contributed by atoms with E-state index in [0.717, 1.165) is 34.9 Å². The van der Waals surface area contributed by atoms with Crippen LogP contribution in [-0.2, 0) is 0 Å². The van der Waals surface area contributed by atoms with Crippen molar-refractivity contribution in [2.45, 2.75) is 19.3 Å². The second-order valence-corrected chi connectivity index (χ2v) is 8.03. The summed E-state index contributed by atoms with van der Waals surface area (Å²) in [5.41, 5.74) is 10.00. The summed E-state index contributed by atoms with van der Waals surface area (Å²) in [5.74, 6) is 0.547. The highest BCUT2D eigenvalue weighted by molar-refractivity contribution is 6.35. The highest BCUT2D eigenvalue weighted by Gasteiger charge is 2.28. The van der Waals surface area contributed by atoms with E-state index in [-0.39, 0.29) is 17.3 Å². The standard InChI is InChI=1S/C24H19ClN4O/c25-18-13-17(12-16-7-4-10-27-20(16)18)22-21(15-5-2-1-3-6-15)29-24(26)23(28-22)19(30)11-14-8-9-14/h1-7,10,12-14H,8-9,11H2,(H2,26,29). The molecule has 6 heteroatoms. The van der Waals surface area contributed by atoms with Gasteiger partial charge in [-0.25, -0.2) is 9.97 Å². The van der Waals surface area contributed by atoms with Crippen molar-refractivity contribution in [2.75, 3.05) is 5.73 Å². The maximum absolute atomic E-state index is 12.8. The van der Waals surface area contributed by atoms with E-state index in [4.69, 9.17) is 22.3 Å². The summed E-state index contributed by atoms with van der Waals surface area (Å²) in [6.07, 6.45) is 4.34. The van der Waals surface area contributed by atoms with Crippen LogP contribution in [0.4, 0.5) is 5.82 Å². The first-order valence-electron chi connectivity index (χ1n) is 9.91. The Bertz CT molecular complexity index is 1270. The van der Waals surface area contributed by atoms with Gasteiger partial charge in [-0.15, -0.1) is 0 Å². The number of hydrogen-bond donors (Lipinski definition) is 1. The van der Waals surface area contributed by atoms with E-state index < -0.39 is 0 Å². The molecule has 1 saturated carbocycles. The first kappa shape index (κ1) is 18.7. The van der Waals surface area contributed by atoms with Crippen LogP contribution in [-0.4, -0.2) is 20.7 Å². The lowest BCUT2D eigenvalue weighted by molar-refractivity contribution is 0.0972. The number of rotatable bonds is 5. The Hall–Kier alpha value is -3.31. The maximum atomic E-state index is 12.8. The van der Waals surface area contributed by atoms with Gasteiger partial charge in [0.05, 0.1) is 21.9 Å². The molecule has 5 rings (SSSR count). The van der Waals surface area contributed by atoms with Gasteiger partial charge in [0.2, 0.25) is 0 Å². The van der Waals surface area contributed by atoms with Gasteiger partial charge in [0, 0.05) is 29.1 Å². The summed E-state index contributed by atoms with van der Waals surface area (Å²) >= 11 is 6.52. The lowest BCUT2D eigenvalue weighted by atomic mass is 10.0. The molecule has 0 amide bonds. The molecule has 0 spiro atoms. The van der Waals surface area contributed by atoms with Gasteiger partial charge >= 0.3 is 0 Å². The fourth-order valence-electron chi connectivity index (χ4n) is 3.62. The van der Waals surface area contributed by atoms with Gasteiger partial charge in [0.1, 0.15) is 5.69 Å². The largest absolute Gasteiger partial charge is 0.382 e. The van der Waals surface area contributed by atoms with Crippen molar-refractivity contribution in [3.63, 3.8) is 0 Å². The number of nitrogens with zero attached hydrogens (tertiary/aromatic N) is 3. The molecule has 0 aliphatic heterocycles. The molecule has 1 fully saturated rings. The minimum atomic E-state index is -0.0584. The second-order valence-electron chi connectivity index (χ2n) is 7.62. The van der Waals surface area contributed by atoms with Crippen molar-refractivity contribution >= 4 is 34.1 Å². The van der Waals surface area contributed by atoms with Crippen LogP contribution >= 0.6 is 11.6 Å². The third kappa shape index (κ3) is 3.53. The number of aromatic nitrogens is 3. The lowest BCUT2D eigenvalue weighted by Crippen LogP contribution is -2.11. The molecule has 30 heavy (non-hydrogen) atoms. The van der Waals surface area contributed by atoms with E-state index in [2.05, 4.69) is 9.97 Å². The predicted molar refractivity (Wildman–Crippen MR) is 119 cm³/mol. The molecule has 148 valence electrons. The van der Waals surface area contributed by atoms with E-state index in [0.29, 0.717) is 28.7 Å². The minimum absolute atomic E-state index is 0.0584. The molecule has 0 bridgehead atoms.